The molecule has 0 radical (unpaired) electrons. The van der Waals surface area contributed by atoms with Crippen molar-refractivity contribution in [1.29, 1.82) is 0 Å². The predicted molar refractivity (Wildman–Crippen MR) is 64.8 cm³/mol. The van der Waals surface area contributed by atoms with Gasteiger partial charge in [0.05, 0.1) is 6.54 Å². The van der Waals surface area contributed by atoms with E-state index in [1.807, 2.05) is 0 Å². The molecule has 4 nitrogen and oxygen atoms in total. The molecular weight excluding hydrogens is 242 g/mol. The summed E-state index contributed by atoms with van der Waals surface area (Å²) >= 11 is 0. The lowest BCUT2D eigenvalue weighted by atomic mass is 10.2. The Morgan fingerprint density at radius 1 is 1.50 bits per heavy atom. The largest absolute Gasteiger partial charge is 0.444 e. The summed E-state index contributed by atoms with van der Waals surface area (Å²) in [6.07, 6.45) is -2.00. The van der Waals surface area contributed by atoms with Gasteiger partial charge in [-0.1, -0.05) is 0 Å². The summed E-state index contributed by atoms with van der Waals surface area (Å²) < 4.78 is 29.8. The summed E-state index contributed by atoms with van der Waals surface area (Å²) in [5.41, 5.74) is -0.524. The molecule has 0 N–H and O–H groups in total. The number of carbonyl (C=O) groups excluding carboxylic acids is 1. The Bertz CT molecular complexity index is 292. The molecule has 1 saturated heterocycles. The molecule has 1 rings (SSSR count). The van der Waals surface area contributed by atoms with Gasteiger partial charge in [0, 0.05) is 19.1 Å². The van der Waals surface area contributed by atoms with Gasteiger partial charge >= 0.3 is 6.09 Å². The molecule has 1 unspecified atom stereocenters. The van der Waals surface area contributed by atoms with E-state index in [0.717, 1.165) is 0 Å². The van der Waals surface area contributed by atoms with Crippen LogP contribution in [0.1, 0.15) is 27.2 Å². The van der Waals surface area contributed by atoms with Crippen LogP contribution in [0, 0.1) is 0 Å². The predicted octanol–water partition coefficient (Wildman–Crippen LogP) is 2.19. The van der Waals surface area contributed by atoms with Crippen LogP contribution in [-0.2, 0) is 4.74 Å². The highest BCUT2D eigenvalue weighted by Gasteiger charge is 2.32. The Morgan fingerprint density at radius 2 is 2.11 bits per heavy atom. The first kappa shape index (κ1) is 15.1. The minimum Gasteiger partial charge on any atom is -0.444 e. The fourth-order valence-corrected chi connectivity index (χ4v) is 1.96. The second kappa shape index (κ2) is 5.82. The number of amides is 1. The molecule has 1 aliphatic heterocycles. The summed E-state index contributed by atoms with van der Waals surface area (Å²) in [5, 5.41) is 0. The van der Waals surface area contributed by atoms with E-state index in [1.165, 1.54) is 0 Å². The molecule has 18 heavy (non-hydrogen) atoms. The van der Waals surface area contributed by atoms with Crippen molar-refractivity contribution in [2.24, 2.45) is 0 Å². The van der Waals surface area contributed by atoms with Crippen molar-refractivity contribution in [3.63, 3.8) is 0 Å². The maximum absolute atomic E-state index is 12.3. The van der Waals surface area contributed by atoms with Crippen molar-refractivity contribution < 1.29 is 18.3 Å². The number of ether oxygens (including phenoxy) is 1. The zero-order chi connectivity index (χ0) is 13.9. The molecule has 1 heterocycles. The molecule has 0 aromatic carbocycles. The lowest BCUT2D eigenvalue weighted by molar-refractivity contribution is 0.0274. The smallest absolute Gasteiger partial charge is 0.410 e. The van der Waals surface area contributed by atoms with E-state index < -0.39 is 12.0 Å². The number of rotatable bonds is 3. The van der Waals surface area contributed by atoms with Gasteiger partial charge in [0.2, 0.25) is 0 Å². The van der Waals surface area contributed by atoms with E-state index in [0.29, 0.717) is 19.5 Å². The molecule has 1 fully saturated rings. The summed E-state index contributed by atoms with van der Waals surface area (Å²) in [6, 6.07) is -0.00785. The van der Waals surface area contributed by atoms with Gasteiger partial charge in [-0.05, 0) is 34.2 Å². The second-order valence-corrected chi connectivity index (χ2v) is 5.70. The van der Waals surface area contributed by atoms with Gasteiger partial charge in [-0.2, -0.15) is 0 Å². The fraction of sp³-hybridized carbons (Fsp3) is 0.917. The quantitative estimate of drug-likeness (QED) is 0.783. The maximum atomic E-state index is 12.3. The van der Waals surface area contributed by atoms with E-state index in [1.54, 1.807) is 37.6 Å². The summed E-state index contributed by atoms with van der Waals surface area (Å²) in [4.78, 5) is 15.0. The van der Waals surface area contributed by atoms with Crippen molar-refractivity contribution >= 4 is 6.09 Å². The summed E-state index contributed by atoms with van der Waals surface area (Å²) in [5.74, 6) is 0. The van der Waals surface area contributed by atoms with Crippen LogP contribution in [0.2, 0.25) is 0 Å². The van der Waals surface area contributed by atoms with Gasteiger partial charge in [0.15, 0.2) is 0 Å². The molecule has 6 heteroatoms. The van der Waals surface area contributed by atoms with Crippen LogP contribution in [0.4, 0.5) is 13.6 Å². The molecule has 1 aliphatic rings. The molecular formula is C12H22F2N2O2. The van der Waals surface area contributed by atoms with Crippen molar-refractivity contribution in [3.05, 3.63) is 0 Å². The lowest BCUT2D eigenvalue weighted by Gasteiger charge is -2.26. The Balaban J connectivity index is 2.43. The average molecular weight is 264 g/mol. The standard InChI is InChI=1S/C12H22F2N2O2/c1-12(2,3)18-11(17)16-6-5-9(7-16)15(4)8-10(13)14/h9-10H,5-8H2,1-4H3. The van der Waals surface area contributed by atoms with Crippen molar-refractivity contribution in [2.75, 3.05) is 26.7 Å². The summed E-state index contributed by atoms with van der Waals surface area (Å²) in [6.45, 7) is 6.18. The van der Waals surface area contributed by atoms with Gasteiger partial charge < -0.3 is 9.64 Å². The van der Waals surface area contributed by atoms with Gasteiger partial charge in [-0.15, -0.1) is 0 Å². The van der Waals surface area contributed by atoms with Crippen molar-refractivity contribution in [1.82, 2.24) is 9.80 Å². The third kappa shape index (κ3) is 4.76. The number of nitrogens with zero attached hydrogens (tertiary/aromatic N) is 2. The van der Waals surface area contributed by atoms with Crippen LogP contribution < -0.4 is 0 Å². The average Bonchev–Trinajstić information content (AvgIpc) is 2.61. The molecule has 0 saturated carbocycles. The van der Waals surface area contributed by atoms with Gasteiger partial charge in [0.1, 0.15) is 5.60 Å². The van der Waals surface area contributed by atoms with Crippen LogP contribution >= 0.6 is 0 Å². The second-order valence-electron chi connectivity index (χ2n) is 5.70. The molecule has 0 aromatic rings. The van der Waals surface area contributed by atoms with Crippen LogP contribution in [-0.4, -0.2) is 60.6 Å². The first-order valence-corrected chi connectivity index (χ1v) is 6.15. The third-order valence-corrected chi connectivity index (χ3v) is 2.86. The number of halogens is 2. The van der Waals surface area contributed by atoms with E-state index in [9.17, 15) is 13.6 Å². The molecule has 0 bridgehead atoms. The molecule has 0 aromatic heterocycles. The first-order chi connectivity index (χ1) is 8.19. The van der Waals surface area contributed by atoms with E-state index >= 15 is 0 Å². The first-order valence-electron chi connectivity index (χ1n) is 6.15. The molecule has 1 atom stereocenters. The number of carbonyl (C=O) groups is 1. The number of likely N-dealkylation sites (tertiary alicyclic amines) is 1. The van der Waals surface area contributed by atoms with Crippen LogP contribution in [0.5, 0.6) is 0 Å². The van der Waals surface area contributed by atoms with Gasteiger partial charge in [-0.3, -0.25) is 4.90 Å². The highest BCUT2D eigenvalue weighted by molar-refractivity contribution is 5.68. The van der Waals surface area contributed by atoms with E-state index in [-0.39, 0.29) is 18.7 Å². The Kier molecular flexibility index (Phi) is 4.90. The Labute approximate surface area is 107 Å². The third-order valence-electron chi connectivity index (χ3n) is 2.86. The van der Waals surface area contributed by atoms with Crippen molar-refractivity contribution in [2.45, 2.75) is 45.3 Å². The number of hydrogen-bond acceptors (Lipinski definition) is 3. The van der Waals surface area contributed by atoms with Crippen LogP contribution in [0.3, 0.4) is 0 Å². The SMILES string of the molecule is CN(CC(F)F)C1CCN(C(=O)OC(C)(C)C)C1. The number of alkyl halides is 2. The lowest BCUT2D eigenvalue weighted by Crippen LogP contribution is -2.40. The highest BCUT2D eigenvalue weighted by Crippen LogP contribution is 2.18. The zero-order valence-electron chi connectivity index (χ0n) is 11.4. The van der Waals surface area contributed by atoms with Gasteiger partial charge in [0.25, 0.3) is 6.43 Å². The van der Waals surface area contributed by atoms with E-state index in [2.05, 4.69) is 0 Å². The molecule has 0 spiro atoms. The maximum Gasteiger partial charge on any atom is 0.410 e. The monoisotopic (exact) mass is 264 g/mol. The van der Waals surface area contributed by atoms with Crippen LogP contribution in [0.25, 0.3) is 0 Å². The Hall–Kier alpha value is -0.910. The van der Waals surface area contributed by atoms with Gasteiger partial charge in [-0.25, -0.2) is 13.6 Å². The molecule has 1 amide bonds. The Morgan fingerprint density at radius 3 is 2.61 bits per heavy atom. The number of hydrogen-bond donors (Lipinski definition) is 0. The highest BCUT2D eigenvalue weighted by atomic mass is 19.3. The zero-order valence-corrected chi connectivity index (χ0v) is 11.4. The fourth-order valence-electron chi connectivity index (χ4n) is 1.96. The molecule has 106 valence electrons. The molecule has 0 aliphatic carbocycles. The topological polar surface area (TPSA) is 32.8 Å². The number of likely N-dealkylation sites (N-methyl/N-ethyl adjacent to an activating group) is 1. The summed E-state index contributed by atoms with van der Waals surface area (Å²) in [7, 11) is 1.66. The normalized spacial score (nSPS) is 20.9. The van der Waals surface area contributed by atoms with Crippen LogP contribution in [0.15, 0.2) is 0 Å². The minimum atomic E-state index is -2.34. The minimum absolute atomic E-state index is 0.00785. The van der Waals surface area contributed by atoms with Crippen molar-refractivity contribution in [3.8, 4) is 0 Å². The van der Waals surface area contributed by atoms with E-state index in [4.69, 9.17) is 4.74 Å².